The minimum Gasteiger partial charge on any atom is -0.436 e. The minimum absolute atomic E-state index is 0.440. The zero-order valence-electron chi connectivity index (χ0n) is 52.5. The van der Waals surface area contributed by atoms with E-state index in [9.17, 15) is 10.0 Å². The van der Waals surface area contributed by atoms with Crippen LogP contribution in [0.5, 0.6) is 0 Å². The van der Waals surface area contributed by atoms with E-state index in [-0.39, 0.29) is 0 Å². The Hall–Kier alpha value is -12.3. The van der Waals surface area contributed by atoms with E-state index in [0.29, 0.717) is 17.2 Å². The molecule has 0 spiro atoms. The van der Waals surface area contributed by atoms with Crippen molar-refractivity contribution in [3.8, 4) is 101 Å². The first-order valence-corrected chi connectivity index (χ1v) is 32.8. The van der Waals surface area contributed by atoms with Gasteiger partial charge in [0.05, 0.1) is 0 Å². The van der Waals surface area contributed by atoms with E-state index >= 15 is 0 Å². The number of benzene rings is 12. The molecule has 0 amide bonds. The summed E-state index contributed by atoms with van der Waals surface area (Å²) >= 11 is 3.71. The van der Waals surface area contributed by atoms with Crippen LogP contribution in [0.25, 0.3) is 166 Å². The molecule has 0 atom stereocenters. The molecular weight excluding hydrogens is 1270 g/mol. The van der Waals surface area contributed by atoms with Gasteiger partial charge in [0.25, 0.3) is 0 Å². The Bertz CT molecular complexity index is 5660. The van der Waals surface area contributed by atoms with Crippen molar-refractivity contribution in [3.05, 3.63) is 333 Å². The summed E-state index contributed by atoms with van der Waals surface area (Å²) in [6.45, 7) is 0. The largest absolute Gasteiger partial charge is 0.488 e. The van der Waals surface area contributed by atoms with Crippen molar-refractivity contribution in [1.29, 1.82) is 0 Å². The second-order valence-corrected chi connectivity index (χ2v) is 24.8. The molecule has 464 valence electrons. The Morgan fingerprint density at radius 1 is 0.276 bits per heavy atom. The van der Waals surface area contributed by atoms with Crippen molar-refractivity contribution >= 4 is 93.8 Å². The van der Waals surface area contributed by atoms with Crippen molar-refractivity contribution in [3.63, 3.8) is 0 Å². The van der Waals surface area contributed by atoms with Crippen LogP contribution in [0.15, 0.2) is 342 Å². The van der Waals surface area contributed by atoms with Gasteiger partial charge >= 0.3 is 7.12 Å². The van der Waals surface area contributed by atoms with Crippen molar-refractivity contribution in [2.75, 3.05) is 0 Å². The lowest BCUT2D eigenvalue weighted by molar-refractivity contribution is 0.426. The fourth-order valence-electron chi connectivity index (χ4n) is 13.0. The van der Waals surface area contributed by atoms with Crippen molar-refractivity contribution in [2.45, 2.75) is 0 Å². The van der Waals surface area contributed by atoms with Gasteiger partial charge in [0.15, 0.2) is 11.2 Å². The fourth-order valence-corrected chi connectivity index (χ4v) is 13.4. The zero-order chi connectivity index (χ0) is 65.9. The predicted octanol–water partition coefficient (Wildman–Crippen LogP) is 21.0. The number of rotatable bonds is 10. The Kier molecular flexibility index (Phi) is 16.6. The molecule has 0 saturated heterocycles. The van der Waals surface area contributed by atoms with Gasteiger partial charge in [-0.3, -0.25) is 19.9 Å². The normalized spacial score (nSPS) is 11.2. The number of halogens is 1. The molecule has 98 heavy (non-hydrogen) atoms. The Morgan fingerprint density at radius 2 is 0.571 bits per heavy atom. The maximum Gasteiger partial charge on any atom is 0.488 e. The van der Waals surface area contributed by atoms with E-state index in [2.05, 4.69) is 212 Å². The van der Waals surface area contributed by atoms with E-state index in [4.69, 9.17) is 18.8 Å². The highest BCUT2D eigenvalue weighted by atomic mass is 79.9. The van der Waals surface area contributed by atoms with Crippen LogP contribution in [0, 0.1) is 0 Å². The summed E-state index contributed by atoms with van der Waals surface area (Å²) in [5.74, 6) is 1.22. The summed E-state index contributed by atoms with van der Waals surface area (Å²) in [7, 11) is -1.52. The van der Waals surface area contributed by atoms with Crippen LogP contribution in [0.4, 0.5) is 0 Å². The Morgan fingerprint density at radius 3 is 0.939 bits per heavy atom. The Balaban J connectivity index is 0.000000126. The molecule has 10 nitrogen and oxygen atoms in total. The van der Waals surface area contributed by atoms with Gasteiger partial charge in [-0.1, -0.05) is 174 Å². The SMILES string of the molecule is Brc1cc(-c2nc3ccccc3o2)cc(-c2c3ccccc3cc3ccccc23)c1.OB(O)c1cc(-c2cccnc2)cc(-c2cccnc2)c1.c1cncc(-c2cc(-c3cccnc3)cc(-c3cc(-c4nc5ccccc5o4)cc(-c4c5ccccc5cc5ccccc45)c3)c2)c1. The van der Waals surface area contributed by atoms with E-state index in [0.717, 1.165) is 105 Å². The van der Waals surface area contributed by atoms with Crippen molar-refractivity contribution in [1.82, 2.24) is 29.9 Å². The Labute approximate surface area is 572 Å². The molecule has 0 bridgehead atoms. The highest BCUT2D eigenvalue weighted by molar-refractivity contribution is 9.10. The first kappa shape index (κ1) is 60.6. The molecule has 6 aromatic heterocycles. The fraction of sp³-hybridized carbons (Fsp3) is 0. The summed E-state index contributed by atoms with van der Waals surface area (Å²) < 4.78 is 13.4. The molecular formula is C86H56BBrN6O4. The molecule has 0 unspecified atom stereocenters. The van der Waals surface area contributed by atoms with Gasteiger partial charge in [0, 0.05) is 76.3 Å². The van der Waals surface area contributed by atoms with Crippen molar-refractivity contribution in [2.24, 2.45) is 0 Å². The number of hydrogen-bond acceptors (Lipinski definition) is 10. The summed E-state index contributed by atoms with van der Waals surface area (Å²) in [5, 5.41) is 28.7. The molecule has 12 aromatic carbocycles. The molecule has 2 N–H and O–H groups in total. The molecule has 18 aromatic rings. The maximum atomic E-state index is 9.49. The van der Waals surface area contributed by atoms with E-state index in [1.54, 1.807) is 49.3 Å². The predicted molar refractivity (Wildman–Crippen MR) is 402 cm³/mol. The van der Waals surface area contributed by atoms with Gasteiger partial charge in [-0.2, -0.15) is 0 Å². The smallest absolute Gasteiger partial charge is 0.436 e. The van der Waals surface area contributed by atoms with Crippen LogP contribution in [0.1, 0.15) is 0 Å². The lowest BCUT2D eigenvalue weighted by Gasteiger charge is -2.16. The van der Waals surface area contributed by atoms with Crippen LogP contribution in [0.2, 0.25) is 0 Å². The number of para-hydroxylation sites is 4. The molecule has 0 aliphatic heterocycles. The quantitative estimate of drug-likeness (QED) is 0.100. The van der Waals surface area contributed by atoms with Crippen LogP contribution < -0.4 is 5.46 Å². The molecule has 0 radical (unpaired) electrons. The highest BCUT2D eigenvalue weighted by Gasteiger charge is 2.20. The van der Waals surface area contributed by atoms with Gasteiger partial charge in [-0.15, -0.1) is 0 Å². The number of aromatic nitrogens is 6. The van der Waals surface area contributed by atoms with Crippen molar-refractivity contribution < 1.29 is 18.9 Å². The second kappa shape index (κ2) is 26.8. The average Bonchev–Trinajstić information content (AvgIpc) is 1.21. The monoisotopic (exact) mass is 1330 g/mol. The summed E-state index contributed by atoms with van der Waals surface area (Å²) in [4.78, 5) is 26.7. The van der Waals surface area contributed by atoms with Gasteiger partial charge in [-0.25, -0.2) is 9.97 Å². The van der Waals surface area contributed by atoms with Gasteiger partial charge in [0.1, 0.15) is 11.0 Å². The topological polar surface area (TPSA) is 144 Å². The summed E-state index contributed by atoms with van der Waals surface area (Å²) in [6.07, 6.45) is 14.3. The van der Waals surface area contributed by atoms with Crippen LogP contribution in [-0.4, -0.2) is 47.1 Å². The number of pyridine rings is 4. The number of nitrogens with zero attached hydrogens (tertiary/aromatic N) is 6. The zero-order valence-corrected chi connectivity index (χ0v) is 54.1. The second-order valence-electron chi connectivity index (χ2n) is 23.9. The lowest BCUT2D eigenvalue weighted by atomic mass is 9.77. The minimum atomic E-state index is -1.52. The van der Waals surface area contributed by atoms with E-state index in [1.165, 1.54) is 54.2 Å². The lowest BCUT2D eigenvalue weighted by Crippen LogP contribution is -2.29. The average molecular weight is 1330 g/mol. The maximum absolute atomic E-state index is 9.49. The molecule has 0 aliphatic rings. The van der Waals surface area contributed by atoms with E-state index in [1.807, 2.05) is 103 Å². The number of oxazole rings is 2. The first-order valence-electron chi connectivity index (χ1n) is 32.0. The van der Waals surface area contributed by atoms with Gasteiger partial charge in [0.2, 0.25) is 11.8 Å². The molecule has 0 saturated carbocycles. The third kappa shape index (κ3) is 12.5. The van der Waals surface area contributed by atoms with Crippen LogP contribution in [-0.2, 0) is 0 Å². The van der Waals surface area contributed by atoms with Gasteiger partial charge < -0.3 is 18.9 Å². The van der Waals surface area contributed by atoms with Crippen LogP contribution >= 0.6 is 15.9 Å². The summed E-state index contributed by atoms with van der Waals surface area (Å²) in [5.41, 5.74) is 20.2. The molecule has 12 heteroatoms. The first-order chi connectivity index (χ1) is 48.3. The molecule has 0 aliphatic carbocycles. The number of hydrogen-bond donors (Lipinski definition) is 2. The van der Waals surface area contributed by atoms with Gasteiger partial charge in [-0.05, 0) is 237 Å². The van der Waals surface area contributed by atoms with Crippen LogP contribution in [0.3, 0.4) is 0 Å². The molecule has 0 fully saturated rings. The summed E-state index contributed by atoms with van der Waals surface area (Å²) in [6, 6.07) is 95.7. The van der Waals surface area contributed by atoms with E-state index < -0.39 is 7.12 Å². The third-order valence-corrected chi connectivity index (χ3v) is 18.0. The third-order valence-electron chi connectivity index (χ3n) is 17.5. The number of fused-ring (bicyclic) bond motifs is 6. The molecule has 6 heterocycles. The standard InChI is InChI=1S/C43H27N3O.C27H16BrNO.C16H13BN2O2/c1-3-13-38-28(9-1)19-29-10-2-4-14-39(29)42(38)36-23-35(24-37(25-36)43-46-40-15-5-6-16-41(40)47-43)34-21-32(30-11-7-17-44-26-30)20-33(22-34)31-12-8-18-45-27-31;28-21-15-19(14-20(16-21)27-29-24-11-5-6-12-25(24)30-27)26-22-9-3-1-7-17(22)13-18-8-2-4-10-23(18)26;20-17(21)16-8-14(12-3-1-5-18-10-12)7-15(9-16)13-4-2-6-19-11-13/h1-27H;1-16H;1-11,20-21H. The highest BCUT2D eigenvalue weighted by Crippen LogP contribution is 2.44. The molecule has 18 rings (SSSR count).